The lowest BCUT2D eigenvalue weighted by atomic mass is 10.2. The maximum absolute atomic E-state index is 13.8. The van der Waals surface area contributed by atoms with E-state index in [9.17, 15) is 4.39 Å². The van der Waals surface area contributed by atoms with Gasteiger partial charge in [-0.1, -0.05) is 34.1 Å². The molecule has 21 heavy (non-hydrogen) atoms. The van der Waals surface area contributed by atoms with Crippen molar-refractivity contribution in [2.75, 3.05) is 0 Å². The molecule has 0 fully saturated rings. The molecule has 3 rings (SSSR count). The van der Waals surface area contributed by atoms with Crippen LogP contribution < -0.4 is 0 Å². The second-order valence-corrected chi connectivity index (χ2v) is 5.79. The van der Waals surface area contributed by atoms with Crippen molar-refractivity contribution >= 4 is 31.9 Å². The molecular formula is C15H10Br2FN3. The van der Waals surface area contributed by atoms with E-state index in [0.29, 0.717) is 21.2 Å². The quantitative estimate of drug-likeness (QED) is 0.584. The fourth-order valence-electron chi connectivity index (χ4n) is 2.07. The van der Waals surface area contributed by atoms with Crippen LogP contribution in [0.5, 0.6) is 0 Å². The number of alkyl halides is 1. The van der Waals surface area contributed by atoms with Gasteiger partial charge in [0.1, 0.15) is 11.6 Å². The zero-order valence-electron chi connectivity index (χ0n) is 10.8. The maximum Gasteiger partial charge on any atom is 0.168 e. The molecule has 0 bridgehead atoms. The van der Waals surface area contributed by atoms with E-state index in [1.165, 1.54) is 6.07 Å². The van der Waals surface area contributed by atoms with E-state index in [-0.39, 0.29) is 5.82 Å². The lowest BCUT2D eigenvalue weighted by Crippen LogP contribution is -2.01. The zero-order chi connectivity index (χ0) is 14.8. The summed E-state index contributed by atoms with van der Waals surface area (Å²) >= 11 is 6.57. The Morgan fingerprint density at radius 2 is 1.81 bits per heavy atom. The minimum absolute atomic E-state index is 0.324. The predicted octanol–water partition coefficient (Wildman–Crippen LogP) is 4.73. The smallest absolute Gasteiger partial charge is 0.168 e. The highest BCUT2D eigenvalue weighted by atomic mass is 79.9. The minimum atomic E-state index is -0.324. The van der Waals surface area contributed by atoms with Crippen molar-refractivity contribution in [1.29, 1.82) is 0 Å². The molecule has 0 spiro atoms. The number of halogens is 3. The number of para-hydroxylation sites is 1. The van der Waals surface area contributed by atoms with Crippen LogP contribution in [0.1, 0.15) is 5.82 Å². The second-order valence-electron chi connectivity index (χ2n) is 4.37. The molecule has 0 N–H and O–H groups in total. The Morgan fingerprint density at radius 3 is 2.48 bits per heavy atom. The van der Waals surface area contributed by atoms with Crippen molar-refractivity contribution in [1.82, 2.24) is 14.8 Å². The van der Waals surface area contributed by atoms with Crippen LogP contribution in [0.25, 0.3) is 17.1 Å². The van der Waals surface area contributed by atoms with Crippen molar-refractivity contribution in [3.05, 3.63) is 64.6 Å². The third-order valence-corrected chi connectivity index (χ3v) is 4.19. The summed E-state index contributed by atoms with van der Waals surface area (Å²) in [6.45, 7) is 0. The largest absolute Gasteiger partial charge is 0.278 e. The molecule has 0 aliphatic heterocycles. The van der Waals surface area contributed by atoms with E-state index < -0.39 is 0 Å². The molecule has 0 aliphatic rings. The van der Waals surface area contributed by atoms with Crippen LogP contribution in [0.4, 0.5) is 4.39 Å². The summed E-state index contributed by atoms with van der Waals surface area (Å²) in [7, 11) is 0. The summed E-state index contributed by atoms with van der Waals surface area (Å²) in [4.78, 5) is 0. The number of aromatic nitrogens is 3. The van der Waals surface area contributed by atoms with Crippen LogP contribution in [0.15, 0.2) is 53.0 Å². The van der Waals surface area contributed by atoms with Crippen LogP contribution >= 0.6 is 31.9 Å². The molecule has 3 aromatic rings. The highest BCUT2D eigenvalue weighted by Crippen LogP contribution is 2.26. The van der Waals surface area contributed by atoms with Gasteiger partial charge in [0.15, 0.2) is 5.82 Å². The molecule has 0 atom stereocenters. The average molecular weight is 411 g/mol. The Bertz CT molecular complexity index is 772. The standard InChI is InChI=1S/C15H10Br2FN3/c16-9-14-19-20-15(10-6-7-12(17)13(18)8-10)21(14)11-4-2-1-3-5-11/h1-8H,9H2. The van der Waals surface area contributed by atoms with Crippen molar-refractivity contribution in [2.45, 2.75) is 5.33 Å². The lowest BCUT2D eigenvalue weighted by Gasteiger charge is -2.09. The van der Waals surface area contributed by atoms with Crippen molar-refractivity contribution < 1.29 is 4.39 Å². The van der Waals surface area contributed by atoms with Crippen molar-refractivity contribution in [3.8, 4) is 17.1 Å². The molecule has 0 amide bonds. The molecule has 0 aliphatic carbocycles. The lowest BCUT2D eigenvalue weighted by molar-refractivity contribution is 0.621. The maximum atomic E-state index is 13.8. The highest BCUT2D eigenvalue weighted by molar-refractivity contribution is 9.10. The molecule has 0 saturated carbocycles. The first-order valence-corrected chi connectivity index (χ1v) is 8.13. The first-order chi connectivity index (χ1) is 10.2. The Labute approximate surface area is 138 Å². The van der Waals surface area contributed by atoms with Gasteiger partial charge in [-0.15, -0.1) is 10.2 Å². The number of benzene rings is 2. The summed E-state index contributed by atoms with van der Waals surface area (Å²) in [5.74, 6) is 1.05. The topological polar surface area (TPSA) is 30.7 Å². The molecule has 3 nitrogen and oxygen atoms in total. The summed E-state index contributed by atoms with van der Waals surface area (Å²) < 4.78 is 16.1. The van der Waals surface area contributed by atoms with E-state index in [1.807, 2.05) is 41.0 Å². The molecule has 106 valence electrons. The summed E-state index contributed by atoms with van der Waals surface area (Å²) in [5.41, 5.74) is 1.62. The first-order valence-electron chi connectivity index (χ1n) is 6.22. The number of rotatable bonds is 3. The van der Waals surface area contributed by atoms with Crippen molar-refractivity contribution in [3.63, 3.8) is 0 Å². The van der Waals surface area contributed by atoms with Gasteiger partial charge < -0.3 is 0 Å². The molecular weight excluding hydrogens is 401 g/mol. The van der Waals surface area contributed by atoms with E-state index in [2.05, 4.69) is 42.1 Å². The molecule has 0 saturated heterocycles. The third kappa shape index (κ3) is 2.78. The van der Waals surface area contributed by atoms with Gasteiger partial charge in [-0.05, 0) is 46.3 Å². The van der Waals surface area contributed by atoms with Crippen LogP contribution in [-0.2, 0) is 5.33 Å². The van der Waals surface area contributed by atoms with Gasteiger partial charge in [0.05, 0.1) is 9.80 Å². The Kier molecular flexibility index (Phi) is 4.17. The first kappa shape index (κ1) is 14.4. The summed E-state index contributed by atoms with van der Waals surface area (Å²) in [6, 6.07) is 14.7. The zero-order valence-corrected chi connectivity index (χ0v) is 14.0. The molecule has 1 aromatic heterocycles. The van der Waals surface area contributed by atoms with E-state index in [0.717, 1.165) is 11.5 Å². The van der Waals surface area contributed by atoms with Gasteiger partial charge in [0.25, 0.3) is 0 Å². The fourth-order valence-corrected chi connectivity index (χ4v) is 2.68. The van der Waals surface area contributed by atoms with Crippen LogP contribution in [0.3, 0.4) is 0 Å². The summed E-state index contributed by atoms with van der Waals surface area (Å²) in [5, 5.41) is 8.94. The minimum Gasteiger partial charge on any atom is -0.278 e. The van der Waals surface area contributed by atoms with E-state index >= 15 is 0 Å². The number of hydrogen-bond acceptors (Lipinski definition) is 2. The van der Waals surface area contributed by atoms with Gasteiger partial charge in [-0.25, -0.2) is 4.39 Å². The van der Waals surface area contributed by atoms with Crippen LogP contribution in [0.2, 0.25) is 0 Å². The number of nitrogens with zero attached hydrogens (tertiary/aromatic N) is 3. The van der Waals surface area contributed by atoms with E-state index in [1.54, 1.807) is 6.07 Å². The second kappa shape index (κ2) is 6.07. The van der Waals surface area contributed by atoms with Gasteiger partial charge in [-0.2, -0.15) is 0 Å². The molecule has 0 radical (unpaired) electrons. The van der Waals surface area contributed by atoms with Crippen LogP contribution in [0, 0.1) is 5.82 Å². The molecule has 2 aromatic carbocycles. The Balaban J connectivity index is 2.20. The normalized spacial score (nSPS) is 10.8. The van der Waals surface area contributed by atoms with Gasteiger partial charge >= 0.3 is 0 Å². The Morgan fingerprint density at radius 1 is 1.05 bits per heavy atom. The van der Waals surface area contributed by atoms with Crippen molar-refractivity contribution in [2.24, 2.45) is 0 Å². The SMILES string of the molecule is Fc1cc(-c2nnc(CBr)n2-c2ccccc2)ccc1Br. The predicted molar refractivity (Wildman–Crippen MR) is 87.1 cm³/mol. The number of hydrogen-bond donors (Lipinski definition) is 0. The van der Waals surface area contributed by atoms with Gasteiger partial charge in [0.2, 0.25) is 0 Å². The van der Waals surface area contributed by atoms with Gasteiger partial charge in [0, 0.05) is 11.3 Å². The highest BCUT2D eigenvalue weighted by Gasteiger charge is 2.15. The monoisotopic (exact) mass is 409 g/mol. The fraction of sp³-hybridized carbons (Fsp3) is 0.0667. The van der Waals surface area contributed by atoms with Crippen LogP contribution in [-0.4, -0.2) is 14.8 Å². The van der Waals surface area contributed by atoms with Gasteiger partial charge in [-0.3, -0.25) is 4.57 Å². The Hall–Kier alpha value is -1.53. The summed E-state index contributed by atoms with van der Waals surface area (Å²) in [6.07, 6.45) is 0. The van der Waals surface area contributed by atoms with E-state index in [4.69, 9.17) is 0 Å². The average Bonchev–Trinajstić information content (AvgIpc) is 2.95. The third-order valence-electron chi connectivity index (χ3n) is 3.04. The molecule has 0 unspecified atom stereocenters. The molecule has 1 heterocycles. The molecule has 6 heteroatoms.